The molecular formula is C30H50N2O8S4. The maximum absolute atomic E-state index is 12.9. The van der Waals surface area contributed by atoms with Crippen LogP contribution in [0.15, 0.2) is 0 Å². The lowest BCUT2D eigenvalue weighted by atomic mass is 10.1. The normalized spacial score (nSPS) is 21.2. The van der Waals surface area contributed by atoms with Crippen LogP contribution in [-0.2, 0) is 28.7 Å². The Bertz CT molecular complexity index is 971. The number of amides is 2. The number of carboxylic acid groups (broad SMARTS) is 2. The molecule has 2 heterocycles. The van der Waals surface area contributed by atoms with E-state index in [0.717, 1.165) is 25.0 Å². The van der Waals surface area contributed by atoms with E-state index in [2.05, 4.69) is 0 Å². The molecule has 44 heavy (non-hydrogen) atoms. The molecule has 0 radical (unpaired) electrons. The van der Waals surface area contributed by atoms with Gasteiger partial charge in [0.15, 0.2) is 0 Å². The highest BCUT2D eigenvalue weighted by Gasteiger charge is 2.37. The first kappa shape index (κ1) is 38.9. The first-order valence-corrected chi connectivity index (χ1v) is 20.5. The van der Waals surface area contributed by atoms with E-state index in [0.29, 0.717) is 56.7 Å². The quantitative estimate of drug-likeness (QED) is 0.0919. The minimum absolute atomic E-state index is 0.107. The fourth-order valence-electron chi connectivity index (χ4n) is 5.00. The standard InChI is InChI=1S/C30H50N2O8S4/c1-19(2)22(5)40-26(33)13-7-6-10-23(44-43-17-21(4)28(35)32-15-9-12-25(32)30(38)39)18-42-41-16-20(3)27(34)31-14-8-11-24(31)29(36)37/h19-25H,6-18H2,1-5H3,(H,36,37)(H,38,39). The number of unbranched alkanes of at least 4 members (excludes halogenated alkanes) is 1. The lowest BCUT2D eigenvalue weighted by Crippen LogP contribution is -2.43. The second-order valence-corrected chi connectivity index (χ2v) is 17.4. The molecule has 0 saturated carbocycles. The molecule has 0 aromatic rings. The molecule has 0 aromatic heterocycles. The summed E-state index contributed by atoms with van der Waals surface area (Å²) in [6.07, 6.45) is 5.17. The topological polar surface area (TPSA) is 142 Å². The van der Waals surface area contributed by atoms with E-state index >= 15 is 0 Å². The largest absolute Gasteiger partial charge is 0.480 e. The van der Waals surface area contributed by atoms with Crippen LogP contribution in [0.5, 0.6) is 0 Å². The molecule has 0 bridgehead atoms. The van der Waals surface area contributed by atoms with Crippen LogP contribution in [0.4, 0.5) is 0 Å². The van der Waals surface area contributed by atoms with Gasteiger partial charge < -0.3 is 24.7 Å². The molecule has 2 saturated heterocycles. The molecule has 6 unspecified atom stereocenters. The number of hydrogen-bond donors (Lipinski definition) is 2. The van der Waals surface area contributed by atoms with Crippen LogP contribution in [0.1, 0.15) is 86.0 Å². The predicted molar refractivity (Wildman–Crippen MR) is 181 cm³/mol. The summed E-state index contributed by atoms with van der Waals surface area (Å²) in [5, 5.41) is 19.1. The van der Waals surface area contributed by atoms with Gasteiger partial charge in [-0.1, -0.05) is 77.3 Å². The molecule has 2 aliphatic rings. The summed E-state index contributed by atoms with van der Waals surface area (Å²) in [5.41, 5.74) is 0. The average Bonchev–Trinajstić information content (AvgIpc) is 3.66. The van der Waals surface area contributed by atoms with Crippen molar-refractivity contribution in [2.75, 3.05) is 30.3 Å². The van der Waals surface area contributed by atoms with Gasteiger partial charge in [0.25, 0.3) is 0 Å². The van der Waals surface area contributed by atoms with Crippen molar-refractivity contribution >= 4 is 72.9 Å². The number of nitrogens with zero attached hydrogens (tertiary/aromatic N) is 2. The van der Waals surface area contributed by atoms with Crippen LogP contribution in [0.25, 0.3) is 0 Å². The summed E-state index contributed by atoms with van der Waals surface area (Å²) >= 11 is 0. The van der Waals surface area contributed by atoms with Gasteiger partial charge >= 0.3 is 17.9 Å². The second-order valence-electron chi connectivity index (χ2n) is 12.1. The summed E-state index contributed by atoms with van der Waals surface area (Å²) in [7, 11) is 6.64. The molecule has 10 nitrogen and oxygen atoms in total. The number of rotatable bonds is 20. The van der Waals surface area contributed by atoms with Crippen molar-refractivity contribution in [3.63, 3.8) is 0 Å². The minimum atomic E-state index is -0.944. The van der Waals surface area contributed by atoms with Crippen LogP contribution < -0.4 is 0 Å². The highest BCUT2D eigenvalue weighted by molar-refractivity contribution is 8.78. The van der Waals surface area contributed by atoms with Gasteiger partial charge in [-0.2, -0.15) is 0 Å². The molecular weight excluding hydrogens is 645 g/mol. The number of carbonyl (C=O) groups excluding carboxylic acids is 3. The molecule has 2 rings (SSSR count). The van der Waals surface area contributed by atoms with Gasteiger partial charge in [0.05, 0.1) is 0 Å². The number of likely N-dealkylation sites (tertiary alicyclic amines) is 2. The maximum atomic E-state index is 12.9. The molecule has 6 atom stereocenters. The summed E-state index contributed by atoms with van der Waals surface area (Å²) in [6.45, 7) is 10.6. The highest BCUT2D eigenvalue weighted by Crippen LogP contribution is 2.37. The molecule has 2 fully saturated rings. The van der Waals surface area contributed by atoms with Crippen molar-refractivity contribution in [2.24, 2.45) is 17.8 Å². The Balaban J connectivity index is 1.83. The summed E-state index contributed by atoms with van der Waals surface area (Å²) < 4.78 is 5.48. The third-order valence-electron chi connectivity index (χ3n) is 8.08. The number of carboxylic acids is 2. The fourth-order valence-corrected chi connectivity index (χ4v) is 11.3. The number of hydrogen-bond acceptors (Lipinski definition) is 10. The zero-order valence-corrected chi connectivity index (χ0v) is 29.9. The minimum Gasteiger partial charge on any atom is -0.480 e. The number of aliphatic carboxylic acids is 2. The predicted octanol–water partition coefficient (Wildman–Crippen LogP) is 5.69. The lowest BCUT2D eigenvalue weighted by molar-refractivity contribution is -0.150. The van der Waals surface area contributed by atoms with Crippen molar-refractivity contribution in [3.05, 3.63) is 0 Å². The molecule has 252 valence electrons. The highest BCUT2D eigenvalue weighted by atomic mass is 33.1. The Morgan fingerprint density at radius 2 is 1.25 bits per heavy atom. The first-order valence-electron chi connectivity index (χ1n) is 15.6. The maximum Gasteiger partial charge on any atom is 0.326 e. The molecule has 0 aliphatic carbocycles. The van der Waals surface area contributed by atoms with E-state index in [1.165, 1.54) is 9.80 Å². The Morgan fingerprint density at radius 3 is 1.75 bits per heavy atom. The summed E-state index contributed by atoms with van der Waals surface area (Å²) in [6, 6.07) is -1.45. The summed E-state index contributed by atoms with van der Waals surface area (Å²) in [5.74, 6) is -0.601. The molecule has 14 heteroatoms. The zero-order chi connectivity index (χ0) is 32.8. The van der Waals surface area contributed by atoms with E-state index in [4.69, 9.17) is 4.74 Å². The lowest BCUT2D eigenvalue weighted by Gasteiger charge is -2.25. The van der Waals surface area contributed by atoms with Gasteiger partial charge in [0, 0.05) is 53.9 Å². The number of esters is 1. The Hall–Kier alpha value is -1.25. The number of carbonyl (C=O) groups is 5. The van der Waals surface area contributed by atoms with Gasteiger partial charge in [0.2, 0.25) is 11.8 Å². The van der Waals surface area contributed by atoms with Crippen LogP contribution in [0.2, 0.25) is 0 Å². The van der Waals surface area contributed by atoms with Gasteiger partial charge in [0.1, 0.15) is 18.2 Å². The zero-order valence-electron chi connectivity index (χ0n) is 26.6. The first-order chi connectivity index (χ1) is 20.8. The molecule has 2 aliphatic heterocycles. The average molecular weight is 695 g/mol. The van der Waals surface area contributed by atoms with Crippen molar-refractivity contribution in [1.82, 2.24) is 9.80 Å². The van der Waals surface area contributed by atoms with Crippen LogP contribution >= 0.6 is 43.2 Å². The molecule has 2 amide bonds. The Kier molecular flexibility index (Phi) is 17.8. The SMILES string of the molecule is CC(CSSCC(CCCCC(=O)OC(C)C(C)C)SSCC(C)C(=O)N1CCCC1C(=O)O)C(=O)N1CCCC1C(=O)O. The van der Waals surface area contributed by atoms with Crippen molar-refractivity contribution in [2.45, 2.75) is 109 Å². The van der Waals surface area contributed by atoms with E-state index in [-0.39, 0.29) is 46.9 Å². The van der Waals surface area contributed by atoms with Crippen LogP contribution in [-0.4, -0.2) is 104 Å². The van der Waals surface area contributed by atoms with Gasteiger partial charge in [-0.25, -0.2) is 9.59 Å². The molecule has 0 spiro atoms. The van der Waals surface area contributed by atoms with E-state index in [1.54, 1.807) is 43.2 Å². The fraction of sp³-hybridized carbons (Fsp3) is 0.833. The third kappa shape index (κ3) is 12.9. The number of ether oxygens (including phenoxy) is 1. The summed E-state index contributed by atoms with van der Waals surface area (Å²) in [4.78, 5) is 64.0. The van der Waals surface area contributed by atoms with Crippen LogP contribution in [0.3, 0.4) is 0 Å². The van der Waals surface area contributed by atoms with E-state index < -0.39 is 24.0 Å². The van der Waals surface area contributed by atoms with Crippen molar-refractivity contribution < 1.29 is 38.9 Å². The van der Waals surface area contributed by atoms with E-state index in [1.807, 2.05) is 34.6 Å². The molecule has 0 aromatic carbocycles. The smallest absolute Gasteiger partial charge is 0.326 e. The van der Waals surface area contributed by atoms with Crippen molar-refractivity contribution in [3.8, 4) is 0 Å². The van der Waals surface area contributed by atoms with Gasteiger partial charge in [-0.05, 0) is 51.4 Å². The monoisotopic (exact) mass is 694 g/mol. The van der Waals surface area contributed by atoms with Crippen LogP contribution in [0, 0.1) is 17.8 Å². The third-order valence-corrected chi connectivity index (χ3v) is 14.0. The second kappa shape index (κ2) is 20.1. The van der Waals surface area contributed by atoms with Gasteiger partial charge in [-0.15, -0.1) is 0 Å². The van der Waals surface area contributed by atoms with E-state index in [9.17, 15) is 34.2 Å². The molecule has 2 N–H and O–H groups in total. The Morgan fingerprint density at radius 1 is 0.750 bits per heavy atom. The van der Waals surface area contributed by atoms with Crippen molar-refractivity contribution in [1.29, 1.82) is 0 Å². The van der Waals surface area contributed by atoms with Gasteiger partial charge in [-0.3, -0.25) is 14.4 Å². The Labute approximate surface area is 278 Å².